The Bertz CT molecular complexity index is 300. The quantitative estimate of drug-likeness (QED) is 0.528. The lowest BCUT2D eigenvalue weighted by atomic mass is 10.3. The van der Waals surface area contributed by atoms with E-state index in [1.807, 2.05) is 0 Å². The zero-order chi connectivity index (χ0) is 12.0. The standard InChI is InChI=1S/C9H20N6S/c1-14(2)5-4-6-15(3)7-8-9(11-10)16-13-12-8/h11H,4-7,10H2,1-3H3. The van der Waals surface area contributed by atoms with Crippen LogP contribution in [0, 0.1) is 0 Å². The van der Waals surface area contributed by atoms with Crippen LogP contribution in [0.4, 0.5) is 5.00 Å². The molecule has 0 saturated carbocycles. The van der Waals surface area contributed by atoms with Gasteiger partial charge in [0, 0.05) is 18.1 Å². The Hall–Kier alpha value is -0.760. The first-order chi connectivity index (χ1) is 7.63. The molecule has 6 nitrogen and oxygen atoms in total. The molecule has 0 aliphatic heterocycles. The zero-order valence-corrected chi connectivity index (χ0v) is 10.9. The Balaban J connectivity index is 2.31. The van der Waals surface area contributed by atoms with Gasteiger partial charge in [0.2, 0.25) is 0 Å². The number of rotatable bonds is 7. The molecule has 0 atom stereocenters. The molecule has 0 bridgehead atoms. The first-order valence-corrected chi connectivity index (χ1v) is 6.02. The van der Waals surface area contributed by atoms with Crippen LogP contribution in [-0.4, -0.2) is 53.6 Å². The second-order valence-electron chi connectivity index (χ2n) is 4.09. The smallest absolute Gasteiger partial charge is 0.148 e. The lowest BCUT2D eigenvalue weighted by Crippen LogP contribution is -2.24. The van der Waals surface area contributed by atoms with Gasteiger partial charge < -0.3 is 15.2 Å². The molecule has 92 valence electrons. The van der Waals surface area contributed by atoms with Gasteiger partial charge >= 0.3 is 0 Å². The molecule has 16 heavy (non-hydrogen) atoms. The second-order valence-corrected chi connectivity index (χ2v) is 4.84. The summed E-state index contributed by atoms with van der Waals surface area (Å²) in [7, 11) is 6.25. The van der Waals surface area contributed by atoms with E-state index in [-0.39, 0.29) is 0 Å². The molecule has 1 heterocycles. The topological polar surface area (TPSA) is 70.3 Å². The van der Waals surface area contributed by atoms with Crippen LogP contribution in [0.15, 0.2) is 0 Å². The highest BCUT2D eigenvalue weighted by Gasteiger charge is 2.09. The van der Waals surface area contributed by atoms with Crippen molar-refractivity contribution in [3.63, 3.8) is 0 Å². The van der Waals surface area contributed by atoms with Crippen molar-refractivity contribution in [3.8, 4) is 0 Å². The van der Waals surface area contributed by atoms with Crippen LogP contribution >= 0.6 is 11.5 Å². The number of hydrazine groups is 1. The Morgan fingerprint density at radius 2 is 2.06 bits per heavy atom. The Morgan fingerprint density at radius 3 is 2.69 bits per heavy atom. The van der Waals surface area contributed by atoms with Crippen molar-refractivity contribution in [2.75, 3.05) is 39.7 Å². The molecule has 0 aliphatic carbocycles. The Morgan fingerprint density at radius 1 is 1.31 bits per heavy atom. The third kappa shape index (κ3) is 4.40. The normalized spacial score (nSPS) is 11.4. The summed E-state index contributed by atoms with van der Waals surface area (Å²) < 4.78 is 3.87. The number of nitrogens with one attached hydrogen (secondary N) is 1. The number of hydrogen-bond donors (Lipinski definition) is 2. The van der Waals surface area contributed by atoms with Crippen molar-refractivity contribution >= 4 is 16.5 Å². The number of anilines is 1. The summed E-state index contributed by atoms with van der Waals surface area (Å²) in [5.74, 6) is 5.37. The van der Waals surface area contributed by atoms with Gasteiger partial charge in [0.15, 0.2) is 0 Å². The van der Waals surface area contributed by atoms with Gasteiger partial charge in [0.25, 0.3) is 0 Å². The van der Waals surface area contributed by atoms with E-state index < -0.39 is 0 Å². The minimum absolute atomic E-state index is 0.781. The summed E-state index contributed by atoms with van der Waals surface area (Å²) in [5, 5.41) is 4.89. The number of aromatic nitrogens is 2. The number of nitrogen functional groups attached to an aromatic ring is 1. The van der Waals surface area contributed by atoms with Gasteiger partial charge in [-0.05, 0) is 40.7 Å². The van der Waals surface area contributed by atoms with E-state index in [1.165, 1.54) is 11.5 Å². The number of nitrogens with two attached hydrogens (primary N) is 1. The molecular weight excluding hydrogens is 224 g/mol. The third-order valence-corrected chi connectivity index (χ3v) is 2.95. The minimum atomic E-state index is 0.781. The lowest BCUT2D eigenvalue weighted by Gasteiger charge is -2.17. The molecule has 1 aromatic rings. The molecule has 1 rings (SSSR count). The molecule has 0 radical (unpaired) electrons. The fourth-order valence-electron chi connectivity index (χ4n) is 1.41. The molecule has 7 heteroatoms. The minimum Gasteiger partial charge on any atom is -0.313 e. The van der Waals surface area contributed by atoms with E-state index in [2.05, 4.69) is 46.0 Å². The molecule has 3 N–H and O–H groups in total. The van der Waals surface area contributed by atoms with Crippen LogP contribution in [0.3, 0.4) is 0 Å². The maximum Gasteiger partial charge on any atom is 0.148 e. The van der Waals surface area contributed by atoms with Crippen molar-refractivity contribution in [1.29, 1.82) is 0 Å². The first-order valence-electron chi connectivity index (χ1n) is 5.24. The van der Waals surface area contributed by atoms with Gasteiger partial charge in [-0.2, -0.15) is 0 Å². The molecule has 0 fully saturated rings. The fourth-order valence-corrected chi connectivity index (χ4v) is 1.90. The van der Waals surface area contributed by atoms with Crippen LogP contribution < -0.4 is 11.3 Å². The summed E-state index contributed by atoms with van der Waals surface area (Å²) in [6.07, 6.45) is 1.15. The lowest BCUT2D eigenvalue weighted by molar-refractivity contribution is 0.292. The van der Waals surface area contributed by atoms with E-state index >= 15 is 0 Å². The van der Waals surface area contributed by atoms with Gasteiger partial charge in [0.1, 0.15) is 10.7 Å². The monoisotopic (exact) mass is 244 g/mol. The molecule has 0 aromatic carbocycles. The highest BCUT2D eigenvalue weighted by molar-refractivity contribution is 7.10. The van der Waals surface area contributed by atoms with Crippen molar-refractivity contribution in [2.45, 2.75) is 13.0 Å². The maximum absolute atomic E-state index is 5.37. The zero-order valence-electron chi connectivity index (χ0n) is 10.1. The number of nitrogens with zero attached hydrogens (tertiary/aromatic N) is 4. The predicted octanol–water partition coefficient (Wildman–Crippen LogP) is 0.207. The van der Waals surface area contributed by atoms with Gasteiger partial charge in [-0.3, -0.25) is 0 Å². The van der Waals surface area contributed by atoms with E-state index in [0.717, 1.165) is 36.8 Å². The van der Waals surface area contributed by atoms with Gasteiger partial charge in [-0.1, -0.05) is 4.49 Å². The van der Waals surface area contributed by atoms with Crippen molar-refractivity contribution in [2.24, 2.45) is 5.84 Å². The molecule has 0 saturated heterocycles. The first kappa shape index (κ1) is 13.3. The van der Waals surface area contributed by atoms with Crippen molar-refractivity contribution < 1.29 is 0 Å². The fraction of sp³-hybridized carbons (Fsp3) is 0.778. The Labute approximate surface area is 101 Å². The van der Waals surface area contributed by atoms with E-state index in [0.29, 0.717) is 0 Å². The molecular formula is C9H20N6S. The average molecular weight is 244 g/mol. The van der Waals surface area contributed by atoms with Crippen LogP contribution in [-0.2, 0) is 6.54 Å². The van der Waals surface area contributed by atoms with Crippen LogP contribution in [0.1, 0.15) is 12.1 Å². The van der Waals surface area contributed by atoms with Crippen LogP contribution in [0.2, 0.25) is 0 Å². The molecule has 1 aromatic heterocycles. The summed E-state index contributed by atoms with van der Waals surface area (Å²) in [5.41, 5.74) is 3.53. The molecule has 0 amide bonds. The molecule has 0 spiro atoms. The average Bonchev–Trinajstić information content (AvgIpc) is 2.64. The third-order valence-electron chi connectivity index (χ3n) is 2.25. The summed E-state index contributed by atoms with van der Waals surface area (Å²) in [4.78, 5) is 4.41. The predicted molar refractivity (Wildman–Crippen MR) is 67.2 cm³/mol. The van der Waals surface area contributed by atoms with E-state index in [4.69, 9.17) is 5.84 Å². The Kier molecular flexibility index (Phi) is 5.61. The molecule has 0 unspecified atom stereocenters. The van der Waals surface area contributed by atoms with Crippen LogP contribution in [0.25, 0.3) is 0 Å². The summed E-state index contributed by atoms with van der Waals surface area (Å²) >= 11 is 1.29. The van der Waals surface area contributed by atoms with Crippen molar-refractivity contribution in [1.82, 2.24) is 19.4 Å². The maximum atomic E-state index is 5.37. The number of hydrogen-bond acceptors (Lipinski definition) is 7. The van der Waals surface area contributed by atoms with Gasteiger partial charge in [-0.25, -0.2) is 5.84 Å². The van der Waals surface area contributed by atoms with E-state index in [1.54, 1.807) is 0 Å². The highest BCUT2D eigenvalue weighted by atomic mass is 32.1. The second kappa shape index (κ2) is 6.74. The summed E-state index contributed by atoms with van der Waals surface area (Å²) in [6, 6.07) is 0. The van der Waals surface area contributed by atoms with Crippen LogP contribution in [0.5, 0.6) is 0 Å². The van der Waals surface area contributed by atoms with E-state index in [9.17, 15) is 0 Å². The van der Waals surface area contributed by atoms with Gasteiger partial charge in [0.05, 0.1) is 0 Å². The van der Waals surface area contributed by atoms with Crippen molar-refractivity contribution in [3.05, 3.63) is 5.69 Å². The molecule has 0 aliphatic rings. The largest absolute Gasteiger partial charge is 0.313 e. The SMILES string of the molecule is CN(C)CCCN(C)Cc1nnsc1NN. The summed E-state index contributed by atoms with van der Waals surface area (Å²) in [6.45, 7) is 2.92. The van der Waals surface area contributed by atoms with Gasteiger partial charge in [-0.15, -0.1) is 5.10 Å². The highest BCUT2D eigenvalue weighted by Crippen LogP contribution is 2.17.